The first-order chi connectivity index (χ1) is 5.07. The molecule has 0 radical (unpaired) electrons. The van der Waals surface area contributed by atoms with Gasteiger partial charge in [0.2, 0.25) is 0 Å². The molecule has 2 rings (SSSR count). The van der Waals surface area contributed by atoms with Gasteiger partial charge in [-0.2, -0.15) is 0 Å². The Labute approximate surface area is 67.5 Å². The van der Waals surface area contributed by atoms with Crippen LogP contribution in [-0.4, -0.2) is 35.9 Å². The number of likely N-dealkylation sites (tertiary alicyclic amines) is 1. The Kier molecular flexibility index (Phi) is 1.50. The molecule has 0 amide bonds. The Balaban J connectivity index is 2.08. The summed E-state index contributed by atoms with van der Waals surface area (Å²) in [6.07, 6.45) is 1.64. The van der Waals surface area contributed by atoms with Gasteiger partial charge in [-0.1, -0.05) is 0 Å². The number of fused-ring (bicyclic) bond motifs is 2. The Bertz CT molecular complexity index is 164. The molecule has 2 fully saturated rings. The van der Waals surface area contributed by atoms with Gasteiger partial charge in [-0.05, 0) is 20.3 Å². The maximum absolute atomic E-state index is 6.00. The SMILES string of the molecule is CC(C)(N)N1CC2CC1CO2. The van der Waals surface area contributed by atoms with E-state index in [9.17, 15) is 0 Å². The van der Waals surface area contributed by atoms with Gasteiger partial charge in [0.15, 0.2) is 0 Å². The molecule has 0 aliphatic carbocycles. The highest BCUT2D eigenvalue weighted by molar-refractivity contribution is 4.96. The molecule has 0 aromatic rings. The zero-order valence-electron chi connectivity index (χ0n) is 7.21. The van der Waals surface area contributed by atoms with Crippen LogP contribution in [-0.2, 0) is 4.74 Å². The fraction of sp³-hybridized carbons (Fsp3) is 1.00. The Morgan fingerprint density at radius 1 is 1.55 bits per heavy atom. The lowest BCUT2D eigenvalue weighted by Crippen LogP contribution is -2.56. The van der Waals surface area contributed by atoms with Crippen molar-refractivity contribution in [1.29, 1.82) is 0 Å². The van der Waals surface area contributed by atoms with Crippen molar-refractivity contribution in [3.8, 4) is 0 Å². The maximum atomic E-state index is 6.00. The molecule has 2 aliphatic heterocycles. The van der Waals surface area contributed by atoms with Gasteiger partial charge >= 0.3 is 0 Å². The number of nitrogens with zero attached hydrogens (tertiary/aromatic N) is 1. The third-order valence-electron chi connectivity index (χ3n) is 2.64. The number of hydrogen-bond acceptors (Lipinski definition) is 3. The van der Waals surface area contributed by atoms with Crippen LogP contribution in [0.1, 0.15) is 20.3 Å². The highest BCUT2D eigenvalue weighted by Gasteiger charge is 2.43. The van der Waals surface area contributed by atoms with E-state index >= 15 is 0 Å². The standard InChI is InChI=1S/C8H16N2O/c1-8(2,9)10-4-7-3-6(10)5-11-7/h6-7H,3-5,9H2,1-2H3. The van der Waals surface area contributed by atoms with Gasteiger partial charge in [0.25, 0.3) is 0 Å². The van der Waals surface area contributed by atoms with Crippen LogP contribution in [0.4, 0.5) is 0 Å². The monoisotopic (exact) mass is 156 g/mol. The van der Waals surface area contributed by atoms with E-state index in [1.165, 1.54) is 6.42 Å². The van der Waals surface area contributed by atoms with E-state index in [1.807, 2.05) is 0 Å². The lowest BCUT2D eigenvalue weighted by molar-refractivity contribution is -0.0119. The quantitative estimate of drug-likeness (QED) is 0.587. The third-order valence-corrected chi connectivity index (χ3v) is 2.64. The molecule has 3 nitrogen and oxygen atoms in total. The van der Waals surface area contributed by atoms with Gasteiger partial charge in [0.05, 0.1) is 18.4 Å². The summed E-state index contributed by atoms with van der Waals surface area (Å²) < 4.78 is 5.48. The average Bonchev–Trinajstić information content (AvgIpc) is 2.42. The van der Waals surface area contributed by atoms with Crippen LogP contribution in [0.2, 0.25) is 0 Å². The Morgan fingerprint density at radius 2 is 2.27 bits per heavy atom. The second-order valence-electron chi connectivity index (χ2n) is 4.15. The number of morpholine rings is 1. The van der Waals surface area contributed by atoms with Crippen molar-refractivity contribution in [2.24, 2.45) is 5.73 Å². The van der Waals surface area contributed by atoms with Gasteiger partial charge < -0.3 is 10.5 Å². The van der Waals surface area contributed by atoms with Gasteiger partial charge in [0.1, 0.15) is 0 Å². The third kappa shape index (κ3) is 1.17. The minimum Gasteiger partial charge on any atom is -0.375 e. The summed E-state index contributed by atoms with van der Waals surface area (Å²) in [6, 6.07) is 0.583. The highest BCUT2D eigenvalue weighted by atomic mass is 16.5. The summed E-state index contributed by atoms with van der Waals surface area (Å²) in [4.78, 5) is 2.35. The van der Waals surface area contributed by atoms with Gasteiger partial charge in [-0.25, -0.2) is 0 Å². The summed E-state index contributed by atoms with van der Waals surface area (Å²) in [6.45, 7) is 6.03. The van der Waals surface area contributed by atoms with E-state index in [1.54, 1.807) is 0 Å². The molecule has 64 valence electrons. The first kappa shape index (κ1) is 7.53. The molecule has 0 spiro atoms. The van der Waals surface area contributed by atoms with Crippen molar-refractivity contribution >= 4 is 0 Å². The lowest BCUT2D eigenvalue weighted by Gasteiger charge is -2.37. The van der Waals surface area contributed by atoms with Gasteiger partial charge in [-0.15, -0.1) is 0 Å². The van der Waals surface area contributed by atoms with E-state index in [0.717, 1.165) is 13.2 Å². The molecule has 2 bridgehead atoms. The number of rotatable bonds is 1. The molecule has 2 heterocycles. The first-order valence-corrected chi connectivity index (χ1v) is 4.24. The Morgan fingerprint density at radius 3 is 2.55 bits per heavy atom. The molecular formula is C8H16N2O. The maximum Gasteiger partial charge on any atom is 0.0719 e. The van der Waals surface area contributed by atoms with E-state index in [0.29, 0.717) is 12.1 Å². The molecule has 2 aliphatic rings. The number of nitrogens with two attached hydrogens (primary N) is 1. The summed E-state index contributed by atoms with van der Waals surface area (Å²) in [5.74, 6) is 0. The summed E-state index contributed by atoms with van der Waals surface area (Å²) >= 11 is 0. The van der Waals surface area contributed by atoms with E-state index in [2.05, 4.69) is 18.7 Å². The second-order valence-corrected chi connectivity index (χ2v) is 4.15. The van der Waals surface area contributed by atoms with E-state index in [-0.39, 0.29) is 5.66 Å². The van der Waals surface area contributed by atoms with Crippen molar-refractivity contribution in [2.75, 3.05) is 13.2 Å². The van der Waals surface area contributed by atoms with Crippen LogP contribution >= 0.6 is 0 Å². The normalized spacial score (nSPS) is 38.5. The summed E-state index contributed by atoms with van der Waals surface area (Å²) in [7, 11) is 0. The number of ether oxygens (including phenoxy) is 1. The van der Waals surface area contributed by atoms with Crippen molar-refractivity contribution in [3.05, 3.63) is 0 Å². The summed E-state index contributed by atoms with van der Waals surface area (Å²) in [5.41, 5.74) is 5.83. The van der Waals surface area contributed by atoms with Gasteiger partial charge in [0, 0.05) is 12.6 Å². The average molecular weight is 156 g/mol. The summed E-state index contributed by atoms with van der Waals surface area (Å²) in [5, 5.41) is 0. The number of hydrogen-bond donors (Lipinski definition) is 1. The minimum absolute atomic E-state index is 0.163. The van der Waals surface area contributed by atoms with Crippen molar-refractivity contribution in [2.45, 2.75) is 38.1 Å². The molecule has 2 saturated heterocycles. The molecule has 2 unspecified atom stereocenters. The molecule has 2 atom stereocenters. The Hall–Kier alpha value is -0.120. The smallest absolute Gasteiger partial charge is 0.0719 e. The van der Waals surface area contributed by atoms with Crippen LogP contribution in [0.5, 0.6) is 0 Å². The zero-order valence-corrected chi connectivity index (χ0v) is 7.21. The van der Waals surface area contributed by atoms with Crippen molar-refractivity contribution in [3.63, 3.8) is 0 Å². The molecule has 0 aromatic heterocycles. The van der Waals surface area contributed by atoms with Crippen molar-refractivity contribution in [1.82, 2.24) is 4.90 Å². The predicted molar refractivity (Wildman–Crippen MR) is 43.1 cm³/mol. The lowest BCUT2D eigenvalue weighted by atomic mass is 10.2. The van der Waals surface area contributed by atoms with Crippen molar-refractivity contribution < 1.29 is 4.74 Å². The molecular weight excluding hydrogens is 140 g/mol. The second kappa shape index (κ2) is 2.19. The van der Waals surface area contributed by atoms with Crippen LogP contribution in [0.3, 0.4) is 0 Å². The minimum atomic E-state index is -0.163. The fourth-order valence-electron chi connectivity index (χ4n) is 2.11. The highest BCUT2D eigenvalue weighted by Crippen LogP contribution is 2.31. The molecule has 2 N–H and O–H groups in total. The fourth-order valence-corrected chi connectivity index (χ4v) is 2.11. The molecule has 0 aromatic carbocycles. The van der Waals surface area contributed by atoms with Crippen LogP contribution in [0.15, 0.2) is 0 Å². The molecule has 11 heavy (non-hydrogen) atoms. The zero-order chi connectivity index (χ0) is 8.06. The first-order valence-electron chi connectivity index (χ1n) is 4.24. The van der Waals surface area contributed by atoms with Crippen LogP contribution < -0.4 is 5.73 Å². The molecule has 3 heteroatoms. The molecule has 0 saturated carbocycles. The largest absolute Gasteiger partial charge is 0.375 e. The van der Waals surface area contributed by atoms with Crippen LogP contribution in [0, 0.1) is 0 Å². The van der Waals surface area contributed by atoms with Gasteiger partial charge in [-0.3, -0.25) is 4.90 Å². The van der Waals surface area contributed by atoms with E-state index < -0.39 is 0 Å². The van der Waals surface area contributed by atoms with Crippen LogP contribution in [0.25, 0.3) is 0 Å². The predicted octanol–water partition coefficient (Wildman–Crippen LogP) is 0.154. The topological polar surface area (TPSA) is 38.5 Å². The van der Waals surface area contributed by atoms with E-state index in [4.69, 9.17) is 10.5 Å².